The monoisotopic (exact) mass is 186 g/mol. The van der Waals surface area contributed by atoms with E-state index in [0.29, 0.717) is 10.9 Å². The van der Waals surface area contributed by atoms with Crippen molar-refractivity contribution in [2.45, 2.75) is 0 Å². The first-order valence-electron chi connectivity index (χ1n) is 3.21. The van der Waals surface area contributed by atoms with Gasteiger partial charge in [-0.05, 0) is 6.07 Å². The SMILES string of the molecule is NC(=O)COc1ccc(Cl)cn1. The molecule has 0 fully saturated rings. The molecule has 1 heterocycles. The number of rotatable bonds is 3. The third kappa shape index (κ3) is 2.75. The topological polar surface area (TPSA) is 65.2 Å². The van der Waals surface area contributed by atoms with Crippen LogP contribution in [0.15, 0.2) is 18.3 Å². The van der Waals surface area contributed by atoms with E-state index in [0.717, 1.165) is 0 Å². The summed E-state index contributed by atoms with van der Waals surface area (Å²) in [4.78, 5) is 14.1. The Balaban J connectivity index is 2.53. The van der Waals surface area contributed by atoms with Crippen LogP contribution in [0.1, 0.15) is 0 Å². The van der Waals surface area contributed by atoms with Crippen molar-refractivity contribution < 1.29 is 9.53 Å². The van der Waals surface area contributed by atoms with E-state index < -0.39 is 5.91 Å². The third-order valence-corrected chi connectivity index (χ3v) is 1.29. The minimum atomic E-state index is -0.535. The number of hydrogen-bond acceptors (Lipinski definition) is 3. The summed E-state index contributed by atoms with van der Waals surface area (Å²) in [6.07, 6.45) is 1.43. The lowest BCUT2D eigenvalue weighted by Gasteiger charge is -2.00. The van der Waals surface area contributed by atoms with Gasteiger partial charge >= 0.3 is 0 Å². The molecule has 0 aliphatic heterocycles. The van der Waals surface area contributed by atoms with Gasteiger partial charge in [-0.15, -0.1) is 0 Å². The van der Waals surface area contributed by atoms with E-state index in [2.05, 4.69) is 4.98 Å². The lowest BCUT2D eigenvalue weighted by atomic mass is 10.5. The molecule has 0 atom stereocenters. The fourth-order valence-corrected chi connectivity index (χ4v) is 0.704. The van der Waals surface area contributed by atoms with Gasteiger partial charge in [0.15, 0.2) is 6.61 Å². The molecule has 1 aromatic rings. The number of nitrogens with two attached hydrogens (primary N) is 1. The normalized spacial score (nSPS) is 9.42. The molecule has 5 heteroatoms. The van der Waals surface area contributed by atoms with Crippen molar-refractivity contribution in [1.29, 1.82) is 0 Å². The van der Waals surface area contributed by atoms with Gasteiger partial charge < -0.3 is 10.5 Å². The molecule has 0 unspecified atom stereocenters. The molecule has 0 radical (unpaired) electrons. The molecule has 4 nitrogen and oxygen atoms in total. The van der Waals surface area contributed by atoms with Gasteiger partial charge in [-0.2, -0.15) is 0 Å². The minimum Gasteiger partial charge on any atom is -0.468 e. The number of ether oxygens (including phenoxy) is 1. The number of aromatic nitrogens is 1. The standard InChI is InChI=1S/C7H7ClN2O2/c8-5-1-2-7(10-3-5)12-4-6(9)11/h1-3H,4H2,(H2,9,11). The Morgan fingerprint density at radius 2 is 2.42 bits per heavy atom. The van der Waals surface area contributed by atoms with Gasteiger partial charge in [-0.3, -0.25) is 4.79 Å². The summed E-state index contributed by atoms with van der Waals surface area (Å²) in [7, 11) is 0. The highest BCUT2D eigenvalue weighted by atomic mass is 35.5. The minimum absolute atomic E-state index is 0.172. The second kappa shape index (κ2) is 3.92. The molecule has 1 rings (SSSR count). The maximum atomic E-state index is 10.3. The van der Waals surface area contributed by atoms with Crippen molar-refractivity contribution in [1.82, 2.24) is 4.98 Å². The summed E-state index contributed by atoms with van der Waals surface area (Å²) < 4.78 is 4.88. The van der Waals surface area contributed by atoms with Crippen LogP contribution in [0.4, 0.5) is 0 Å². The molecule has 0 aliphatic carbocycles. The zero-order valence-corrected chi connectivity index (χ0v) is 6.91. The summed E-state index contributed by atoms with van der Waals surface area (Å²) >= 11 is 5.56. The molecule has 0 aliphatic rings. The quantitative estimate of drug-likeness (QED) is 0.752. The predicted molar refractivity (Wildman–Crippen MR) is 43.9 cm³/mol. The fraction of sp³-hybridized carbons (Fsp3) is 0.143. The number of carbonyl (C=O) groups excluding carboxylic acids is 1. The number of primary amides is 1. The second-order valence-electron chi connectivity index (χ2n) is 2.07. The molecule has 0 spiro atoms. The number of amides is 1. The van der Waals surface area contributed by atoms with E-state index in [4.69, 9.17) is 22.1 Å². The molecular formula is C7H7ClN2O2. The Morgan fingerprint density at radius 1 is 1.67 bits per heavy atom. The number of nitrogens with zero attached hydrogens (tertiary/aromatic N) is 1. The van der Waals surface area contributed by atoms with Gasteiger partial charge in [0.25, 0.3) is 5.91 Å². The van der Waals surface area contributed by atoms with Gasteiger partial charge in [0.1, 0.15) is 0 Å². The summed E-state index contributed by atoms with van der Waals surface area (Å²) in [6, 6.07) is 3.18. The van der Waals surface area contributed by atoms with Crippen molar-refractivity contribution in [3.8, 4) is 5.88 Å². The Hall–Kier alpha value is -1.29. The third-order valence-electron chi connectivity index (χ3n) is 1.06. The lowest BCUT2D eigenvalue weighted by Crippen LogP contribution is -2.20. The average molecular weight is 187 g/mol. The summed E-state index contributed by atoms with van der Waals surface area (Å²) in [5.41, 5.74) is 4.85. The van der Waals surface area contributed by atoms with Crippen LogP contribution < -0.4 is 10.5 Å². The molecule has 12 heavy (non-hydrogen) atoms. The molecule has 0 bridgehead atoms. The lowest BCUT2D eigenvalue weighted by molar-refractivity contribution is -0.120. The molecule has 64 valence electrons. The van der Waals surface area contributed by atoms with E-state index in [1.807, 2.05) is 0 Å². The molecule has 2 N–H and O–H groups in total. The summed E-state index contributed by atoms with van der Waals surface area (Å²) in [6.45, 7) is -0.172. The zero-order valence-electron chi connectivity index (χ0n) is 6.16. The maximum absolute atomic E-state index is 10.3. The average Bonchev–Trinajstić information content (AvgIpc) is 2.03. The first-order chi connectivity index (χ1) is 5.68. The molecule has 0 saturated carbocycles. The van der Waals surface area contributed by atoms with E-state index in [1.165, 1.54) is 6.20 Å². The molecular weight excluding hydrogens is 180 g/mol. The van der Waals surface area contributed by atoms with Crippen LogP contribution in [-0.4, -0.2) is 17.5 Å². The Morgan fingerprint density at radius 3 is 2.92 bits per heavy atom. The molecule has 0 saturated heterocycles. The van der Waals surface area contributed by atoms with Crippen LogP contribution in [0.2, 0.25) is 5.02 Å². The van der Waals surface area contributed by atoms with Gasteiger partial charge in [-0.1, -0.05) is 11.6 Å². The number of pyridine rings is 1. The smallest absolute Gasteiger partial charge is 0.255 e. The van der Waals surface area contributed by atoms with Crippen LogP contribution in [0.25, 0.3) is 0 Å². The maximum Gasteiger partial charge on any atom is 0.255 e. The van der Waals surface area contributed by atoms with E-state index in [-0.39, 0.29) is 6.61 Å². The Kier molecular flexibility index (Phi) is 2.88. The largest absolute Gasteiger partial charge is 0.468 e. The number of hydrogen-bond donors (Lipinski definition) is 1. The van der Waals surface area contributed by atoms with Crippen LogP contribution >= 0.6 is 11.6 Å². The molecule has 1 amide bonds. The number of halogens is 1. The fourth-order valence-electron chi connectivity index (χ4n) is 0.593. The summed E-state index contributed by atoms with van der Waals surface area (Å²) in [5, 5.41) is 0.515. The highest BCUT2D eigenvalue weighted by molar-refractivity contribution is 6.30. The Labute approximate surface area is 74.3 Å². The summed E-state index contributed by atoms with van der Waals surface area (Å²) in [5.74, 6) is -0.204. The van der Waals surface area contributed by atoms with Crippen LogP contribution in [-0.2, 0) is 4.79 Å². The second-order valence-corrected chi connectivity index (χ2v) is 2.51. The van der Waals surface area contributed by atoms with Crippen molar-refractivity contribution in [2.24, 2.45) is 5.73 Å². The van der Waals surface area contributed by atoms with Gasteiger partial charge in [0.05, 0.1) is 5.02 Å². The van der Waals surface area contributed by atoms with Crippen LogP contribution in [0.5, 0.6) is 5.88 Å². The van der Waals surface area contributed by atoms with Gasteiger partial charge in [0, 0.05) is 12.3 Å². The van der Waals surface area contributed by atoms with E-state index in [1.54, 1.807) is 12.1 Å². The Bertz CT molecular complexity index is 273. The van der Waals surface area contributed by atoms with Gasteiger partial charge in [0.2, 0.25) is 5.88 Å². The zero-order chi connectivity index (χ0) is 8.97. The first kappa shape index (κ1) is 8.80. The highest BCUT2D eigenvalue weighted by Gasteiger charge is 1.97. The predicted octanol–water partition coefficient (Wildman–Crippen LogP) is 0.599. The van der Waals surface area contributed by atoms with Crippen molar-refractivity contribution in [3.63, 3.8) is 0 Å². The van der Waals surface area contributed by atoms with Gasteiger partial charge in [-0.25, -0.2) is 4.98 Å². The highest BCUT2D eigenvalue weighted by Crippen LogP contribution is 2.10. The molecule has 0 aromatic carbocycles. The molecule has 1 aromatic heterocycles. The van der Waals surface area contributed by atoms with E-state index in [9.17, 15) is 4.79 Å². The van der Waals surface area contributed by atoms with Crippen molar-refractivity contribution in [3.05, 3.63) is 23.4 Å². The van der Waals surface area contributed by atoms with Crippen LogP contribution in [0.3, 0.4) is 0 Å². The van der Waals surface area contributed by atoms with E-state index >= 15 is 0 Å². The number of carbonyl (C=O) groups is 1. The van der Waals surface area contributed by atoms with Crippen molar-refractivity contribution in [2.75, 3.05) is 6.61 Å². The van der Waals surface area contributed by atoms with Crippen molar-refractivity contribution >= 4 is 17.5 Å². The first-order valence-corrected chi connectivity index (χ1v) is 3.59. The van der Waals surface area contributed by atoms with Crippen LogP contribution in [0, 0.1) is 0 Å².